The van der Waals surface area contributed by atoms with Crippen LogP contribution in [0.4, 0.5) is 0 Å². The van der Waals surface area contributed by atoms with Crippen LogP contribution in [0.25, 0.3) is 0 Å². The van der Waals surface area contributed by atoms with E-state index >= 15 is 0 Å². The number of ether oxygens (including phenoxy) is 1. The number of nitrogens with zero attached hydrogens (tertiary/aromatic N) is 2. The minimum Gasteiger partial charge on any atom is -0.465 e. The molecule has 2 aromatic rings. The van der Waals surface area contributed by atoms with Crippen molar-refractivity contribution >= 4 is 17.8 Å². The SMILES string of the molecule is COC(=O)c1ccc(CNC(=O)C(C)N2CCN(C(=O)C(C)(C)c3ccccc3)CC2)cc1. The van der Waals surface area contributed by atoms with Gasteiger partial charge < -0.3 is 15.0 Å². The van der Waals surface area contributed by atoms with Gasteiger partial charge in [-0.15, -0.1) is 0 Å². The molecule has 7 nitrogen and oxygen atoms in total. The van der Waals surface area contributed by atoms with Gasteiger partial charge in [-0.2, -0.15) is 0 Å². The van der Waals surface area contributed by atoms with Crippen LogP contribution in [-0.4, -0.2) is 66.9 Å². The fourth-order valence-electron chi connectivity index (χ4n) is 4.07. The summed E-state index contributed by atoms with van der Waals surface area (Å²) in [5.74, 6) is -0.332. The highest BCUT2D eigenvalue weighted by Crippen LogP contribution is 2.26. The Morgan fingerprint density at radius 2 is 1.58 bits per heavy atom. The van der Waals surface area contributed by atoms with Crippen LogP contribution in [0, 0.1) is 0 Å². The zero-order valence-corrected chi connectivity index (χ0v) is 19.8. The molecule has 1 saturated heterocycles. The topological polar surface area (TPSA) is 79.0 Å². The lowest BCUT2D eigenvalue weighted by Crippen LogP contribution is -2.57. The molecule has 3 rings (SSSR count). The molecule has 0 bridgehead atoms. The first kappa shape index (κ1) is 24.5. The molecular formula is C26H33N3O4. The van der Waals surface area contributed by atoms with E-state index in [1.807, 2.05) is 56.0 Å². The molecule has 2 amide bonds. The number of esters is 1. The first-order valence-corrected chi connectivity index (χ1v) is 11.3. The molecule has 1 fully saturated rings. The third-order valence-corrected chi connectivity index (χ3v) is 6.40. The quantitative estimate of drug-likeness (QED) is 0.655. The Morgan fingerprint density at radius 3 is 2.15 bits per heavy atom. The number of hydrogen-bond donors (Lipinski definition) is 1. The fourth-order valence-corrected chi connectivity index (χ4v) is 4.07. The summed E-state index contributed by atoms with van der Waals surface area (Å²) in [5, 5.41) is 2.96. The van der Waals surface area contributed by atoms with Crippen LogP contribution in [-0.2, 0) is 26.3 Å². The van der Waals surface area contributed by atoms with Gasteiger partial charge in [0.25, 0.3) is 0 Å². The van der Waals surface area contributed by atoms with Crippen LogP contribution in [0.5, 0.6) is 0 Å². The fraction of sp³-hybridized carbons (Fsp3) is 0.423. The van der Waals surface area contributed by atoms with E-state index in [2.05, 4.69) is 10.2 Å². The van der Waals surface area contributed by atoms with Crippen LogP contribution >= 0.6 is 0 Å². The van der Waals surface area contributed by atoms with Gasteiger partial charge in [-0.05, 0) is 44.0 Å². The third kappa shape index (κ3) is 5.79. The second kappa shape index (κ2) is 10.6. The van der Waals surface area contributed by atoms with E-state index in [-0.39, 0.29) is 23.8 Å². The van der Waals surface area contributed by atoms with E-state index in [0.717, 1.165) is 11.1 Å². The van der Waals surface area contributed by atoms with Crippen molar-refractivity contribution in [2.75, 3.05) is 33.3 Å². The van der Waals surface area contributed by atoms with E-state index in [9.17, 15) is 14.4 Å². The number of benzene rings is 2. The van der Waals surface area contributed by atoms with Crippen molar-refractivity contribution in [3.8, 4) is 0 Å². The lowest BCUT2D eigenvalue weighted by atomic mass is 9.83. The summed E-state index contributed by atoms with van der Waals surface area (Å²) < 4.78 is 4.70. The standard InChI is InChI=1S/C26H33N3O4/c1-19(23(30)27-18-20-10-12-21(13-11-20)24(31)33-4)28-14-16-29(17-15-28)25(32)26(2,3)22-8-6-5-7-9-22/h5-13,19H,14-18H2,1-4H3,(H,27,30). The van der Waals surface area contributed by atoms with Crippen molar-refractivity contribution in [2.24, 2.45) is 0 Å². The molecule has 1 N–H and O–H groups in total. The summed E-state index contributed by atoms with van der Waals surface area (Å²) in [7, 11) is 1.34. The van der Waals surface area contributed by atoms with Gasteiger partial charge in [0.05, 0.1) is 24.1 Å². The predicted molar refractivity (Wildman–Crippen MR) is 127 cm³/mol. The van der Waals surface area contributed by atoms with Crippen molar-refractivity contribution < 1.29 is 19.1 Å². The summed E-state index contributed by atoms with van der Waals surface area (Å²) in [6, 6.07) is 16.5. The molecule has 0 aliphatic carbocycles. The molecule has 2 aromatic carbocycles. The van der Waals surface area contributed by atoms with Crippen LogP contribution < -0.4 is 5.32 Å². The molecule has 1 aliphatic rings. The Kier molecular flexibility index (Phi) is 7.87. The lowest BCUT2D eigenvalue weighted by molar-refractivity contribution is -0.139. The van der Waals surface area contributed by atoms with Gasteiger partial charge >= 0.3 is 5.97 Å². The number of nitrogens with one attached hydrogen (secondary N) is 1. The van der Waals surface area contributed by atoms with Crippen LogP contribution in [0.15, 0.2) is 54.6 Å². The smallest absolute Gasteiger partial charge is 0.337 e. The average Bonchev–Trinajstić information content (AvgIpc) is 2.86. The largest absolute Gasteiger partial charge is 0.465 e. The Bertz CT molecular complexity index is 965. The normalized spacial score (nSPS) is 15.6. The molecule has 176 valence electrons. The molecule has 0 saturated carbocycles. The summed E-state index contributed by atoms with van der Waals surface area (Å²) in [5.41, 5.74) is 1.80. The van der Waals surface area contributed by atoms with Crippen LogP contribution in [0.3, 0.4) is 0 Å². The Labute approximate surface area is 195 Å². The number of amides is 2. The Hall–Kier alpha value is -3.19. The van der Waals surface area contributed by atoms with Crippen molar-refractivity contribution in [3.05, 3.63) is 71.3 Å². The van der Waals surface area contributed by atoms with E-state index in [0.29, 0.717) is 38.3 Å². The number of piperazine rings is 1. The Balaban J connectivity index is 1.49. The van der Waals surface area contributed by atoms with E-state index in [4.69, 9.17) is 4.74 Å². The molecule has 0 radical (unpaired) electrons. The Morgan fingerprint density at radius 1 is 0.970 bits per heavy atom. The van der Waals surface area contributed by atoms with Crippen LogP contribution in [0.2, 0.25) is 0 Å². The molecule has 1 aliphatic heterocycles. The first-order chi connectivity index (χ1) is 15.7. The first-order valence-electron chi connectivity index (χ1n) is 11.3. The monoisotopic (exact) mass is 451 g/mol. The van der Waals surface area contributed by atoms with E-state index in [1.54, 1.807) is 24.3 Å². The number of carbonyl (C=O) groups is 3. The zero-order valence-electron chi connectivity index (χ0n) is 19.8. The second-order valence-electron chi connectivity index (χ2n) is 8.90. The maximum absolute atomic E-state index is 13.2. The molecule has 1 heterocycles. The van der Waals surface area contributed by atoms with E-state index in [1.165, 1.54) is 7.11 Å². The average molecular weight is 452 g/mol. The maximum Gasteiger partial charge on any atom is 0.337 e. The molecule has 1 atom stereocenters. The zero-order chi connectivity index (χ0) is 24.0. The molecule has 33 heavy (non-hydrogen) atoms. The minimum atomic E-state index is -0.587. The summed E-state index contributed by atoms with van der Waals surface area (Å²) in [4.78, 5) is 41.4. The van der Waals surface area contributed by atoms with Crippen molar-refractivity contribution in [3.63, 3.8) is 0 Å². The van der Waals surface area contributed by atoms with Crippen LogP contribution in [0.1, 0.15) is 42.3 Å². The van der Waals surface area contributed by atoms with Gasteiger partial charge in [0.15, 0.2) is 0 Å². The number of rotatable bonds is 7. The maximum atomic E-state index is 13.2. The molecule has 0 spiro atoms. The van der Waals surface area contributed by atoms with Gasteiger partial charge in [-0.25, -0.2) is 4.79 Å². The highest BCUT2D eigenvalue weighted by atomic mass is 16.5. The number of carbonyl (C=O) groups excluding carboxylic acids is 3. The van der Waals surface area contributed by atoms with Crippen molar-refractivity contribution in [1.82, 2.24) is 15.1 Å². The number of hydrogen-bond acceptors (Lipinski definition) is 5. The molecular weight excluding hydrogens is 418 g/mol. The second-order valence-corrected chi connectivity index (χ2v) is 8.90. The van der Waals surface area contributed by atoms with Gasteiger partial charge in [0, 0.05) is 32.7 Å². The highest BCUT2D eigenvalue weighted by Gasteiger charge is 2.36. The summed E-state index contributed by atoms with van der Waals surface area (Å²) >= 11 is 0. The third-order valence-electron chi connectivity index (χ3n) is 6.40. The van der Waals surface area contributed by atoms with Crippen molar-refractivity contribution in [2.45, 2.75) is 38.8 Å². The minimum absolute atomic E-state index is 0.0589. The van der Waals surface area contributed by atoms with Gasteiger partial charge in [0.2, 0.25) is 11.8 Å². The van der Waals surface area contributed by atoms with Gasteiger partial charge in [-0.3, -0.25) is 14.5 Å². The summed E-state index contributed by atoms with van der Waals surface area (Å²) in [6.45, 7) is 8.70. The predicted octanol–water partition coefficient (Wildman–Crippen LogP) is 2.60. The summed E-state index contributed by atoms with van der Waals surface area (Å²) in [6.07, 6.45) is 0. The number of methoxy groups -OCH3 is 1. The highest BCUT2D eigenvalue weighted by molar-refractivity contribution is 5.89. The molecule has 1 unspecified atom stereocenters. The molecule has 7 heteroatoms. The van der Waals surface area contributed by atoms with Gasteiger partial charge in [-0.1, -0.05) is 42.5 Å². The van der Waals surface area contributed by atoms with Gasteiger partial charge in [0.1, 0.15) is 0 Å². The van der Waals surface area contributed by atoms with E-state index < -0.39 is 5.41 Å². The molecule has 0 aromatic heterocycles. The lowest BCUT2D eigenvalue weighted by Gasteiger charge is -2.40. The van der Waals surface area contributed by atoms with Crippen molar-refractivity contribution in [1.29, 1.82) is 0 Å².